The maximum atomic E-state index is 13.5. The Morgan fingerprint density at radius 2 is 1.32 bits per heavy atom. The van der Waals surface area contributed by atoms with Gasteiger partial charge in [-0.25, -0.2) is 4.39 Å². The van der Waals surface area contributed by atoms with Gasteiger partial charge >= 0.3 is 6.18 Å². The Balaban J connectivity index is 1.49. The van der Waals surface area contributed by atoms with Gasteiger partial charge in [-0.1, -0.05) is 85.0 Å². The fraction of sp³-hybridized carbons (Fsp3) is 0.294. The summed E-state index contributed by atoms with van der Waals surface area (Å²) in [6.07, 6.45) is 15.1. The molecule has 199 valence electrons. The molecule has 0 amide bonds. The van der Waals surface area contributed by atoms with Crippen LogP contribution in [0, 0.1) is 11.9 Å². The predicted molar refractivity (Wildman–Crippen MR) is 148 cm³/mol. The summed E-state index contributed by atoms with van der Waals surface area (Å²) in [4.78, 5) is 0. The largest absolute Gasteiger partial charge is 0.416 e. The van der Waals surface area contributed by atoms with Crippen LogP contribution in [0.3, 0.4) is 0 Å². The Hall–Kier alpha value is -3.40. The Bertz CT molecular complexity index is 1190. The van der Waals surface area contributed by atoms with E-state index in [1.54, 1.807) is 18.2 Å². The van der Waals surface area contributed by atoms with Crippen LogP contribution >= 0.6 is 0 Å². The number of benzene rings is 3. The lowest BCUT2D eigenvalue weighted by Gasteiger charge is -2.08. The normalized spacial score (nSPS) is 12.6. The van der Waals surface area contributed by atoms with Crippen LogP contribution in [0.2, 0.25) is 0 Å². The summed E-state index contributed by atoms with van der Waals surface area (Å²) in [5.41, 5.74) is 3.52. The molecule has 0 fully saturated rings. The molecule has 0 heterocycles. The first kappa shape index (κ1) is 29.2. The van der Waals surface area contributed by atoms with Gasteiger partial charge in [-0.2, -0.15) is 13.2 Å². The summed E-state index contributed by atoms with van der Waals surface area (Å²) in [5.74, 6) is -0.212. The molecule has 0 aliphatic heterocycles. The lowest BCUT2D eigenvalue weighted by molar-refractivity contribution is -0.137. The third-order valence-corrected chi connectivity index (χ3v) is 6.28. The third kappa shape index (κ3) is 11.3. The van der Waals surface area contributed by atoms with Gasteiger partial charge in [0.15, 0.2) is 0 Å². The molecule has 4 heteroatoms. The molecule has 1 radical (unpaired) electrons. The number of rotatable bonds is 14. The van der Waals surface area contributed by atoms with Gasteiger partial charge in [0.2, 0.25) is 0 Å². The van der Waals surface area contributed by atoms with E-state index in [9.17, 15) is 17.6 Å². The van der Waals surface area contributed by atoms with Gasteiger partial charge < -0.3 is 0 Å². The van der Waals surface area contributed by atoms with Crippen LogP contribution < -0.4 is 0 Å². The second kappa shape index (κ2) is 15.8. The molecule has 3 aromatic carbocycles. The highest BCUT2D eigenvalue weighted by atomic mass is 19.4. The van der Waals surface area contributed by atoms with Crippen molar-refractivity contribution in [3.63, 3.8) is 0 Å². The maximum absolute atomic E-state index is 13.5. The number of halogens is 4. The van der Waals surface area contributed by atoms with E-state index in [4.69, 9.17) is 0 Å². The van der Waals surface area contributed by atoms with Gasteiger partial charge in [0.1, 0.15) is 5.82 Å². The molecule has 0 aliphatic carbocycles. The van der Waals surface area contributed by atoms with Crippen molar-refractivity contribution in [1.82, 2.24) is 0 Å². The summed E-state index contributed by atoms with van der Waals surface area (Å²) >= 11 is 0. The van der Waals surface area contributed by atoms with E-state index in [1.807, 2.05) is 24.3 Å². The monoisotopic (exact) mass is 519 g/mol. The van der Waals surface area contributed by atoms with Crippen LogP contribution in [0.25, 0.3) is 0 Å². The Labute approximate surface area is 224 Å². The topological polar surface area (TPSA) is 0 Å². The molecule has 0 aliphatic rings. The lowest BCUT2D eigenvalue weighted by Crippen LogP contribution is -2.05. The first-order valence-corrected chi connectivity index (χ1v) is 13.3. The smallest absolute Gasteiger partial charge is 0.207 e. The Morgan fingerprint density at radius 3 is 2.05 bits per heavy atom. The molecule has 3 aromatic rings. The molecule has 0 unspecified atom stereocenters. The predicted octanol–water partition coefficient (Wildman–Crippen LogP) is 10.1. The van der Waals surface area contributed by atoms with Crippen molar-refractivity contribution in [1.29, 1.82) is 0 Å². The quantitative estimate of drug-likeness (QED) is 0.113. The van der Waals surface area contributed by atoms with Crippen molar-refractivity contribution >= 4 is 0 Å². The maximum Gasteiger partial charge on any atom is 0.416 e. The third-order valence-electron chi connectivity index (χ3n) is 6.28. The van der Waals surface area contributed by atoms with Gasteiger partial charge in [-0.05, 0) is 104 Å². The van der Waals surface area contributed by atoms with Crippen LogP contribution in [-0.2, 0) is 25.4 Å². The second-order valence-corrected chi connectivity index (χ2v) is 9.43. The molecule has 0 bridgehead atoms. The van der Waals surface area contributed by atoms with Crippen LogP contribution in [0.15, 0.2) is 109 Å². The van der Waals surface area contributed by atoms with Gasteiger partial charge in [0, 0.05) is 0 Å². The zero-order valence-corrected chi connectivity index (χ0v) is 21.7. The van der Waals surface area contributed by atoms with Gasteiger partial charge in [-0.15, -0.1) is 0 Å². The Morgan fingerprint density at radius 1 is 0.684 bits per heavy atom. The second-order valence-electron chi connectivity index (χ2n) is 9.43. The first-order chi connectivity index (χ1) is 18.4. The minimum Gasteiger partial charge on any atom is -0.207 e. The summed E-state index contributed by atoms with van der Waals surface area (Å²) in [6.45, 7) is 0. The molecule has 0 nitrogen and oxygen atoms in total. The zero-order valence-electron chi connectivity index (χ0n) is 21.7. The summed E-state index contributed by atoms with van der Waals surface area (Å²) in [6, 6.07) is 22.7. The average molecular weight is 520 g/mol. The van der Waals surface area contributed by atoms with Crippen molar-refractivity contribution in [3.05, 3.63) is 143 Å². The van der Waals surface area contributed by atoms with E-state index in [-0.39, 0.29) is 5.82 Å². The highest BCUT2D eigenvalue weighted by Gasteiger charge is 2.30. The number of aryl methyl sites for hydroxylation is 3. The van der Waals surface area contributed by atoms with Crippen LogP contribution in [-0.4, -0.2) is 0 Å². The van der Waals surface area contributed by atoms with Crippen molar-refractivity contribution in [3.8, 4) is 0 Å². The first-order valence-electron chi connectivity index (χ1n) is 13.3. The standard InChI is InChI=1S/C34H35F4/c35-33-25-13-23-31(27-33)21-11-20-29(18-10-4-9-17-28-15-7-3-8-16-28)14-5-1-2-6-19-30-22-12-24-32(26-30)34(36,37)38/h1,3,5,7-8,10,12-13,15-16,18,22-27H,2,4,6,9,11,17,19-21H2. The highest BCUT2D eigenvalue weighted by Crippen LogP contribution is 2.29. The summed E-state index contributed by atoms with van der Waals surface area (Å²) in [5, 5.41) is 0. The molecule has 0 saturated heterocycles. The molecular weight excluding hydrogens is 484 g/mol. The fourth-order valence-corrected chi connectivity index (χ4v) is 4.25. The molecule has 38 heavy (non-hydrogen) atoms. The van der Waals surface area contributed by atoms with E-state index in [0.717, 1.165) is 68.6 Å². The fourth-order valence-electron chi connectivity index (χ4n) is 4.25. The molecule has 0 aromatic heterocycles. The number of alkyl halides is 3. The minimum atomic E-state index is -4.31. The number of allylic oxidation sites excluding steroid dienone is 6. The van der Waals surface area contributed by atoms with Crippen LogP contribution in [0.1, 0.15) is 60.8 Å². The molecule has 0 saturated carbocycles. The molecule has 0 spiro atoms. The molecular formula is C34H35F4. The van der Waals surface area contributed by atoms with E-state index >= 15 is 0 Å². The SMILES string of the molecule is Fc1cccc(CCCC(=[C]C=CCCCc2cccc(C(F)(F)F)c2)C=CCCCc2ccccc2)c1. The van der Waals surface area contributed by atoms with E-state index < -0.39 is 11.7 Å². The Kier molecular flexibility index (Phi) is 12.1. The molecule has 3 rings (SSSR count). The van der Waals surface area contributed by atoms with Gasteiger partial charge in [0.25, 0.3) is 0 Å². The van der Waals surface area contributed by atoms with Gasteiger partial charge in [0.05, 0.1) is 5.56 Å². The zero-order chi connectivity index (χ0) is 27.1. The average Bonchev–Trinajstić information content (AvgIpc) is 2.90. The lowest BCUT2D eigenvalue weighted by atomic mass is 10.0. The summed E-state index contributed by atoms with van der Waals surface area (Å²) < 4.78 is 52.2. The number of hydrogen-bond donors (Lipinski definition) is 0. The van der Waals surface area contributed by atoms with Crippen molar-refractivity contribution in [2.45, 2.75) is 64.0 Å². The number of hydrogen-bond acceptors (Lipinski definition) is 0. The molecule has 0 atom stereocenters. The number of unbranched alkanes of at least 4 members (excludes halogenated alkanes) is 2. The van der Waals surface area contributed by atoms with Crippen molar-refractivity contribution in [2.75, 3.05) is 0 Å². The van der Waals surface area contributed by atoms with E-state index in [2.05, 4.69) is 42.5 Å². The van der Waals surface area contributed by atoms with Gasteiger partial charge in [-0.3, -0.25) is 0 Å². The highest BCUT2D eigenvalue weighted by molar-refractivity contribution is 5.26. The van der Waals surface area contributed by atoms with Crippen molar-refractivity contribution < 1.29 is 17.6 Å². The van der Waals surface area contributed by atoms with Crippen LogP contribution in [0.4, 0.5) is 17.6 Å². The van der Waals surface area contributed by atoms with Crippen LogP contribution in [0.5, 0.6) is 0 Å². The van der Waals surface area contributed by atoms with E-state index in [1.165, 1.54) is 23.8 Å². The molecule has 0 N–H and O–H groups in total. The van der Waals surface area contributed by atoms with Crippen molar-refractivity contribution in [2.24, 2.45) is 0 Å². The summed E-state index contributed by atoms with van der Waals surface area (Å²) in [7, 11) is 0. The van der Waals surface area contributed by atoms with E-state index in [0.29, 0.717) is 12.0 Å². The minimum absolute atomic E-state index is 0.212.